The largest absolute Gasteiger partial charge is 0.484 e. The zero-order chi connectivity index (χ0) is 21.1. The molecule has 0 unspecified atom stereocenters. The first-order valence-electron chi connectivity index (χ1n) is 8.41. The highest BCUT2D eigenvalue weighted by Crippen LogP contribution is 2.22. The highest BCUT2D eigenvalue weighted by molar-refractivity contribution is 6.32. The molecule has 0 saturated heterocycles. The van der Waals surface area contributed by atoms with Gasteiger partial charge in [-0.25, -0.2) is 5.43 Å². The summed E-state index contributed by atoms with van der Waals surface area (Å²) in [6.45, 7) is -0.745. The predicted molar refractivity (Wildman–Crippen MR) is 107 cm³/mol. The zero-order valence-electron chi connectivity index (χ0n) is 15.3. The molecule has 0 heterocycles. The fourth-order valence-corrected chi connectivity index (χ4v) is 2.15. The second-order valence-electron chi connectivity index (χ2n) is 5.61. The summed E-state index contributed by atoms with van der Waals surface area (Å²) in [5, 5.41) is 6.58. The van der Waals surface area contributed by atoms with Crippen molar-refractivity contribution in [2.24, 2.45) is 10.8 Å². The average Bonchev–Trinajstić information content (AvgIpc) is 2.71. The molecule has 2 aromatic rings. The first kappa shape index (κ1) is 21.7. The summed E-state index contributed by atoms with van der Waals surface area (Å²) in [6, 6.07) is 13.4. The lowest BCUT2D eigenvalue weighted by molar-refractivity contribution is -0.127. The summed E-state index contributed by atoms with van der Waals surface area (Å²) >= 11 is 5.92. The molecule has 0 fully saturated rings. The lowest BCUT2D eigenvalue weighted by Crippen LogP contribution is -2.37. The van der Waals surface area contributed by atoms with Gasteiger partial charge in [0.05, 0.1) is 17.8 Å². The van der Waals surface area contributed by atoms with Crippen molar-refractivity contribution in [3.63, 3.8) is 0 Å². The van der Waals surface area contributed by atoms with Crippen LogP contribution in [0.25, 0.3) is 0 Å². The van der Waals surface area contributed by atoms with Crippen LogP contribution in [0, 0.1) is 0 Å². The van der Waals surface area contributed by atoms with E-state index >= 15 is 0 Å². The Morgan fingerprint density at radius 3 is 2.41 bits per heavy atom. The number of hydrogen-bond acceptors (Lipinski definition) is 6. The summed E-state index contributed by atoms with van der Waals surface area (Å²) < 4.78 is 10.4. The Balaban J connectivity index is 1.67. The number of halogens is 1. The minimum Gasteiger partial charge on any atom is -0.484 e. The van der Waals surface area contributed by atoms with Crippen LogP contribution in [0.3, 0.4) is 0 Å². The second-order valence-corrected chi connectivity index (χ2v) is 6.02. The van der Waals surface area contributed by atoms with Crippen LogP contribution in [0.5, 0.6) is 11.5 Å². The lowest BCUT2D eigenvalue weighted by atomic mass is 10.2. The topological polar surface area (TPSA) is 132 Å². The Bertz CT molecular complexity index is 886. The van der Waals surface area contributed by atoms with Crippen molar-refractivity contribution >= 4 is 35.5 Å². The Morgan fingerprint density at radius 1 is 1.00 bits per heavy atom. The van der Waals surface area contributed by atoms with Crippen LogP contribution in [-0.4, -0.2) is 43.7 Å². The van der Waals surface area contributed by atoms with E-state index in [9.17, 15) is 14.4 Å². The van der Waals surface area contributed by atoms with E-state index in [0.29, 0.717) is 22.1 Å². The molecule has 152 valence electrons. The number of rotatable bonds is 10. The molecule has 10 heteroatoms. The Hall–Kier alpha value is -3.59. The number of hydrogen-bond donors (Lipinski definition) is 3. The second kappa shape index (κ2) is 11.3. The number of nitrogens with one attached hydrogen (secondary N) is 2. The maximum absolute atomic E-state index is 11.7. The number of amides is 3. The number of carbonyl (C=O) groups excluding carboxylic acids is 3. The average molecular weight is 419 g/mol. The number of carbonyl (C=O) groups is 3. The highest BCUT2D eigenvalue weighted by atomic mass is 35.5. The Kier molecular flexibility index (Phi) is 8.46. The SMILES string of the molecule is NC(=O)COc1ccc(/C=N/NC(=O)CNC(=O)COc2ccccc2Cl)cc1. The first-order valence-corrected chi connectivity index (χ1v) is 8.79. The fraction of sp³-hybridized carbons (Fsp3) is 0.158. The van der Waals surface area contributed by atoms with E-state index in [1.54, 1.807) is 48.5 Å². The minimum atomic E-state index is -0.569. The van der Waals surface area contributed by atoms with Crippen molar-refractivity contribution < 1.29 is 23.9 Å². The predicted octanol–water partition coefficient (Wildman–Crippen LogP) is 0.849. The molecular formula is C19H19ClN4O5. The van der Waals surface area contributed by atoms with Crippen molar-refractivity contribution in [1.29, 1.82) is 0 Å². The number of nitrogens with zero attached hydrogens (tertiary/aromatic N) is 1. The monoisotopic (exact) mass is 418 g/mol. The smallest absolute Gasteiger partial charge is 0.259 e. The Labute approximate surface area is 171 Å². The van der Waals surface area contributed by atoms with Gasteiger partial charge in [-0.1, -0.05) is 23.7 Å². The summed E-state index contributed by atoms with van der Waals surface area (Å²) in [6.07, 6.45) is 1.41. The third kappa shape index (κ3) is 8.31. The number of primary amides is 1. The molecule has 2 aromatic carbocycles. The van der Waals surface area contributed by atoms with Crippen LogP contribution < -0.4 is 25.9 Å². The normalized spacial score (nSPS) is 10.4. The van der Waals surface area contributed by atoms with E-state index in [-0.39, 0.29) is 19.8 Å². The molecule has 2 rings (SSSR count). The molecule has 9 nitrogen and oxygen atoms in total. The van der Waals surface area contributed by atoms with Gasteiger partial charge in [0.1, 0.15) is 11.5 Å². The molecule has 29 heavy (non-hydrogen) atoms. The van der Waals surface area contributed by atoms with E-state index in [4.69, 9.17) is 26.8 Å². The molecule has 0 aliphatic rings. The van der Waals surface area contributed by atoms with E-state index in [2.05, 4.69) is 15.8 Å². The number of nitrogens with two attached hydrogens (primary N) is 1. The van der Waals surface area contributed by atoms with Crippen LogP contribution in [0.1, 0.15) is 5.56 Å². The van der Waals surface area contributed by atoms with Crippen LogP contribution in [0.2, 0.25) is 5.02 Å². The zero-order valence-corrected chi connectivity index (χ0v) is 16.0. The van der Waals surface area contributed by atoms with Gasteiger partial charge in [-0.2, -0.15) is 5.10 Å². The van der Waals surface area contributed by atoms with Gasteiger partial charge in [0.15, 0.2) is 13.2 Å². The van der Waals surface area contributed by atoms with Gasteiger partial charge >= 0.3 is 0 Å². The number of ether oxygens (including phenoxy) is 2. The molecule has 3 amide bonds. The molecular weight excluding hydrogens is 400 g/mol. The maximum atomic E-state index is 11.7. The van der Waals surface area contributed by atoms with E-state index < -0.39 is 17.7 Å². The number of para-hydroxylation sites is 1. The Morgan fingerprint density at radius 2 is 1.72 bits per heavy atom. The van der Waals surface area contributed by atoms with Gasteiger partial charge in [-0.3, -0.25) is 14.4 Å². The standard InChI is InChI=1S/C19H19ClN4O5/c20-15-3-1-2-4-16(15)29-12-19(27)22-10-18(26)24-23-9-13-5-7-14(8-6-13)28-11-17(21)25/h1-9H,10-12H2,(H2,21,25)(H,22,27)(H,24,26)/b23-9+. The first-order chi connectivity index (χ1) is 13.9. The summed E-state index contributed by atoms with van der Waals surface area (Å²) in [4.78, 5) is 34.1. The quantitative estimate of drug-likeness (QED) is 0.388. The van der Waals surface area contributed by atoms with E-state index in [1.165, 1.54) is 6.21 Å². The molecule has 0 aliphatic carbocycles. The van der Waals surface area contributed by atoms with Crippen LogP contribution in [-0.2, 0) is 14.4 Å². The third-order valence-corrected chi connectivity index (χ3v) is 3.62. The van der Waals surface area contributed by atoms with Crippen LogP contribution in [0.15, 0.2) is 53.6 Å². The van der Waals surface area contributed by atoms with Crippen molar-refractivity contribution in [2.75, 3.05) is 19.8 Å². The van der Waals surface area contributed by atoms with Crippen LogP contribution in [0.4, 0.5) is 0 Å². The molecule has 0 atom stereocenters. The van der Waals surface area contributed by atoms with Crippen LogP contribution >= 0.6 is 11.6 Å². The molecule has 0 saturated carbocycles. The molecule has 0 bridgehead atoms. The number of hydrazone groups is 1. The summed E-state index contributed by atoms with van der Waals surface area (Å²) in [5.41, 5.74) is 7.97. The molecule has 4 N–H and O–H groups in total. The van der Waals surface area contributed by atoms with Gasteiger partial charge in [-0.15, -0.1) is 0 Å². The highest BCUT2D eigenvalue weighted by Gasteiger charge is 2.07. The van der Waals surface area contributed by atoms with Gasteiger partial charge in [0, 0.05) is 0 Å². The number of benzene rings is 2. The van der Waals surface area contributed by atoms with Gasteiger partial charge in [0.25, 0.3) is 17.7 Å². The molecule has 0 aromatic heterocycles. The fourth-order valence-electron chi connectivity index (χ4n) is 1.96. The van der Waals surface area contributed by atoms with Crippen molar-refractivity contribution in [3.05, 3.63) is 59.1 Å². The minimum absolute atomic E-state index is 0.210. The lowest BCUT2D eigenvalue weighted by Gasteiger charge is -2.08. The summed E-state index contributed by atoms with van der Waals surface area (Å²) in [5.74, 6) is -0.693. The summed E-state index contributed by atoms with van der Waals surface area (Å²) in [7, 11) is 0. The van der Waals surface area contributed by atoms with E-state index in [1.807, 2.05) is 0 Å². The molecule has 0 spiro atoms. The van der Waals surface area contributed by atoms with E-state index in [0.717, 1.165) is 0 Å². The third-order valence-electron chi connectivity index (χ3n) is 3.31. The van der Waals surface area contributed by atoms with Gasteiger partial charge in [0.2, 0.25) is 0 Å². The maximum Gasteiger partial charge on any atom is 0.259 e. The molecule has 0 radical (unpaired) electrons. The van der Waals surface area contributed by atoms with Gasteiger partial charge in [-0.05, 0) is 42.0 Å². The molecule has 0 aliphatic heterocycles. The van der Waals surface area contributed by atoms with Gasteiger partial charge < -0.3 is 20.5 Å². The van der Waals surface area contributed by atoms with Crippen molar-refractivity contribution in [1.82, 2.24) is 10.7 Å². The van der Waals surface area contributed by atoms with Crippen molar-refractivity contribution in [3.8, 4) is 11.5 Å². The van der Waals surface area contributed by atoms with Crippen molar-refractivity contribution in [2.45, 2.75) is 0 Å².